The number of amides is 1. The first-order valence-electron chi connectivity index (χ1n) is 9.07. The summed E-state index contributed by atoms with van der Waals surface area (Å²) in [7, 11) is 0. The molecule has 8 heteroatoms. The molecule has 0 radical (unpaired) electrons. The fraction of sp³-hybridized carbons (Fsp3) is 0.300. The molecule has 0 aliphatic carbocycles. The Morgan fingerprint density at radius 3 is 2.71 bits per heavy atom. The molecule has 0 bridgehead atoms. The molecule has 1 fully saturated rings. The van der Waals surface area contributed by atoms with E-state index in [0.29, 0.717) is 30.5 Å². The van der Waals surface area contributed by atoms with Crippen LogP contribution in [-0.4, -0.2) is 48.8 Å². The number of carbonyl (C=O) groups is 1. The Labute approximate surface area is 167 Å². The van der Waals surface area contributed by atoms with Crippen LogP contribution in [-0.2, 0) is 4.74 Å². The molecule has 3 aromatic rings. The molecule has 1 aliphatic rings. The monoisotopic (exact) mass is 401 g/mol. The quantitative estimate of drug-likeness (QED) is 0.681. The second-order valence-electron chi connectivity index (χ2n) is 6.47. The molecule has 4 rings (SSSR count). The van der Waals surface area contributed by atoms with Gasteiger partial charge in [-0.1, -0.05) is 16.8 Å². The fourth-order valence-corrected chi connectivity index (χ4v) is 3.32. The Balaban J connectivity index is 1.43. The predicted molar refractivity (Wildman–Crippen MR) is 103 cm³/mol. The van der Waals surface area contributed by atoms with Gasteiger partial charge in [-0.2, -0.15) is 0 Å². The van der Waals surface area contributed by atoms with Gasteiger partial charge in [-0.3, -0.25) is 9.69 Å². The van der Waals surface area contributed by atoms with E-state index in [9.17, 15) is 4.79 Å². The van der Waals surface area contributed by atoms with Gasteiger partial charge in [0.2, 0.25) is 0 Å². The van der Waals surface area contributed by atoms with Crippen LogP contribution in [0.5, 0.6) is 0 Å². The van der Waals surface area contributed by atoms with Crippen molar-refractivity contribution in [2.45, 2.75) is 6.04 Å². The zero-order chi connectivity index (χ0) is 19.3. The number of morpholine rings is 1. The maximum absolute atomic E-state index is 12.6. The Bertz CT molecular complexity index is 902. The number of furan rings is 1. The molecule has 1 aliphatic heterocycles. The normalized spacial score (nSPS) is 16.0. The molecule has 0 spiro atoms. The third-order valence-electron chi connectivity index (χ3n) is 4.69. The molecule has 2 aromatic heterocycles. The minimum absolute atomic E-state index is 0.0644. The highest BCUT2D eigenvalue weighted by atomic mass is 35.5. The van der Waals surface area contributed by atoms with Crippen molar-refractivity contribution >= 4 is 17.5 Å². The van der Waals surface area contributed by atoms with Gasteiger partial charge in [0.1, 0.15) is 5.76 Å². The lowest BCUT2D eigenvalue weighted by atomic mass is 10.1. The molecule has 1 saturated heterocycles. The van der Waals surface area contributed by atoms with Crippen LogP contribution in [0.2, 0.25) is 5.02 Å². The van der Waals surface area contributed by atoms with Crippen LogP contribution in [0, 0.1) is 0 Å². The second-order valence-corrected chi connectivity index (χ2v) is 6.91. The smallest absolute Gasteiger partial charge is 0.273 e. The summed E-state index contributed by atoms with van der Waals surface area (Å²) in [5.41, 5.74) is 1.03. The topological polar surface area (TPSA) is 80.7 Å². The van der Waals surface area contributed by atoms with Crippen LogP contribution in [0.15, 0.2) is 57.7 Å². The average molecular weight is 402 g/mol. The summed E-state index contributed by atoms with van der Waals surface area (Å²) in [6.45, 7) is 3.30. The molecule has 146 valence electrons. The van der Waals surface area contributed by atoms with Gasteiger partial charge >= 0.3 is 0 Å². The van der Waals surface area contributed by atoms with E-state index in [1.807, 2.05) is 24.3 Å². The van der Waals surface area contributed by atoms with Gasteiger partial charge in [0.05, 0.1) is 25.5 Å². The van der Waals surface area contributed by atoms with Crippen molar-refractivity contribution in [3.8, 4) is 11.3 Å². The summed E-state index contributed by atoms with van der Waals surface area (Å²) in [6.07, 6.45) is 1.64. The van der Waals surface area contributed by atoms with Crippen molar-refractivity contribution in [2.24, 2.45) is 0 Å². The van der Waals surface area contributed by atoms with Crippen LogP contribution in [0.3, 0.4) is 0 Å². The number of halogens is 1. The molecule has 28 heavy (non-hydrogen) atoms. The molecule has 1 atom stereocenters. The number of hydrogen-bond donors (Lipinski definition) is 1. The van der Waals surface area contributed by atoms with E-state index in [-0.39, 0.29) is 17.6 Å². The fourth-order valence-electron chi connectivity index (χ4n) is 3.19. The second kappa shape index (κ2) is 8.60. The van der Waals surface area contributed by atoms with Crippen molar-refractivity contribution in [1.82, 2.24) is 15.4 Å². The van der Waals surface area contributed by atoms with Crippen molar-refractivity contribution in [3.63, 3.8) is 0 Å². The summed E-state index contributed by atoms with van der Waals surface area (Å²) >= 11 is 5.90. The van der Waals surface area contributed by atoms with Crippen LogP contribution in [0.1, 0.15) is 22.3 Å². The summed E-state index contributed by atoms with van der Waals surface area (Å²) in [4.78, 5) is 14.8. The first-order valence-corrected chi connectivity index (χ1v) is 9.44. The highest BCUT2D eigenvalue weighted by Gasteiger charge is 2.26. The molecular formula is C20H20ClN3O4. The average Bonchev–Trinajstić information content (AvgIpc) is 3.42. The van der Waals surface area contributed by atoms with Gasteiger partial charge in [-0.15, -0.1) is 0 Å². The number of nitrogens with one attached hydrogen (secondary N) is 1. The van der Waals surface area contributed by atoms with E-state index in [1.165, 1.54) is 0 Å². The highest BCUT2D eigenvalue weighted by Crippen LogP contribution is 2.24. The van der Waals surface area contributed by atoms with Crippen LogP contribution >= 0.6 is 11.6 Å². The summed E-state index contributed by atoms with van der Waals surface area (Å²) in [5.74, 6) is 1.02. The van der Waals surface area contributed by atoms with E-state index >= 15 is 0 Å². The number of carbonyl (C=O) groups excluding carboxylic acids is 1. The van der Waals surface area contributed by atoms with Gasteiger partial charge in [-0.05, 0) is 36.4 Å². The molecular weight excluding hydrogens is 382 g/mol. The van der Waals surface area contributed by atoms with Gasteiger partial charge in [0.25, 0.3) is 5.91 Å². The van der Waals surface area contributed by atoms with E-state index in [4.69, 9.17) is 25.3 Å². The number of hydrogen-bond acceptors (Lipinski definition) is 6. The van der Waals surface area contributed by atoms with Gasteiger partial charge in [0, 0.05) is 36.3 Å². The third kappa shape index (κ3) is 4.27. The molecule has 0 saturated carbocycles. The molecule has 0 unspecified atom stereocenters. The molecule has 1 amide bonds. The Kier molecular flexibility index (Phi) is 5.76. The first kappa shape index (κ1) is 18.7. The van der Waals surface area contributed by atoms with Crippen LogP contribution in [0.4, 0.5) is 0 Å². The minimum Gasteiger partial charge on any atom is -0.468 e. The predicted octanol–water partition coefficient (Wildman–Crippen LogP) is 3.39. The van der Waals surface area contributed by atoms with Crippen molar-refractivity contribution in [3.05, 3.63) is 65.2 Å². The third-order valence-corrected chi connectivity index (χ3v) is 4.94. The minimum atomic E-state index is -0.297. The first-order chi connectivity index (χ1) is 13.7. The molecule has 1 aromatic carbocycles. The van der Waals surface area contributed by atoms with E-state index in [0.717, 1.165) is 24.4 Å². The molecule has 3 heterocycles. The number of ether oxygens (including phenoxy) is 1. The molecule has 1 N–H and O–H groups in total. The zero-order valence-corrected chi connectivity index (χ0v) is 15.9. The SMILES string of the molecule is O=C(NC[C@@H](c1ccco1)N1CCOCC1)c1cc(-c2ccc(Cl)cc2)on1. The van der Waals surface area contributed by atoms with Gasteiger partial charge in [-0.25, -0.2) is 0 Å². The zero-order valence-electron chi connectivity index (χ0n) is 15.1. The van der Waals surface area contributed by atoms with Crippen molar-refractivity contribution in [1.29, 1.82) is 0 Å². The maximum Gasteiger partial charge on any atom is 0.273 e. The van der Waals surface area contributed by atoms with Crippen LogP contribution < -0.4 is 5.32 Å². The lowest BCUT2D eigenvalue weighted by Gasteiger charge is -2.33. The summed E-state index contributed by atoms with van der Waals surface area (Å²) in [5, 5.41) is 7.46. The van der Waals surface area contributed by atoms with Crippen molar-refractivity contribution < 1.29 is 18.5 Å². The van der Waals surface area contributed by atoms with E-state index < -0.39 is 0 Å². The standard InChI is InChI=1S/C20H20ClN3O4/c21-15-5-3-14(4-6-15)19-12-16(23-28-19)20(25)22-13-17(18-2-1-9-27-18)24-7-10-26-11-8-24/h1-6,9,12,17H,7-8,10-11,13H2,(H,22,25)/t17-/m0/s1. The lowest BCUT2D eigenvalue weighted by molar-refractivity contribution is 0.0118. The largest absolute Gasteiger partial charge is 0.468 e. The highest BCUT2D eigenvalue weighted by molar-refractivity contribution is 6.30. The number of nitrogens with zero attached hydrogens (tertiary/aromatic N) is 2. The number of aromatic nitrogens is 1. The lowest BCUT2D eigenvalue weighted by Crippen LogP contribution is -2.43. The van der Waals surface area contributed by atoms with Crippen molar-refractivity contribution in [2.75, 3.05) is 32.8 Å². The Morgan fingerprint density at radius 2 is 2.00 bits per heavy atom. The van der Waals surface area contributed by atoms with E-state index in [1.54, 1.807) is 24.5 Å². The van der Waals surface area contributed by atoms with E-state index in [2.05, 4.69) is 15.4 Å². The Morgan fingerprint density at radius 1 is 1.21 bits per heavy atom. The summed E-state index contributed by atoms with van der Waals surface area (Å²) in [6, 6.07) is 12.5. The molecule has 7 nitrogen and oxygen atoms in total. The number of benzene rings is 1. The van der Waals surface area contributed by atoms with Gasteiger partial charge < -0.3 is 19.0 Å². The van der Waals surface area contributed by atoms with Gasteiger partial charge in [0.15, 0.2) is 11.5 Å². The maximum atomic E-state index is 12.6. The Hall–Kier alpha value is -2.61. The van der Waals surface area contributed by atoms with Crippen LogP contribution in [0.25, 0.3) is 11.3 Å². The number of rotatable bonds is 6. The summed E-state index contributed by atoms with van der Waals surface area (Å²) < 4.78 is 16.3.